The first-order valence-corrected chi connectivity index (χ1v) is 7.35. The monoisotopic (exact) mass is 298 g/mol. The number of hydrogen-bond acceptors (Lipinski definition) is 6. The molecule has 0 aromatic heterocycles. The van der Waals surface area contributed by atoms with E-state index in [1.807, 2.05) is 0 Å². The zero-order valence-electron chi connectivity index (χ0n) is 10.8. The van der Waals surface area contributed by atoms with E-state index < -0.39 is 21.9 Å². The van der Waals surface area contributed by atoms with E-state index >= 15 is 0 Å². The van der Waals surface area contributed by atoms with E-state index in [4.69, 9.17) is 5.73 Å². The maximum Gasteiger partial charge on any atom is 0.305 e. The molecule has 1 amide bonds. The van der Waals surface area contributed by atoms with Crippen molar-refractivity contribution < 1.29 is 22.7 Å². The number of ether oxygens (including phenoxy) is 1. The third-order valence-corrected chi connectivity index (χ3v) is 4.82. The summed E-state index contributed by atoms with van der Waals surface area (Å²) in [7, 11) is -2.62. The van der Waals surface area contributed by atoms with Crippen molar-refractivity contribution in [3.8, 4) is 0 Å². The van der Waals surface area contributed by atoms with Gasteiger partial charge in [-0.15, -0.1) is 0 Å². The molecule has 0 bridgehead atoms. The van der Waals surface area contributed by atoms with Crippen molar-refractivity contribution in [1.29, 1.82) is 0 Å². The topological polar surface area (TPSA) is 107 Å². The number of nitrogens with zero attached hydrogens (tertiary/aromatic N) is 1. The van der Waals surface area contributed by atoms with Gasteiger partial charge < -0.3 is 10.5 Å². The molecular weight excluding hydrogens is 284 g/mol. The Morgan fingerprint density at radius 2 is 2.10 bits per heavy atom. The highest BCUT2D eigenvalue weighted by molar-refractivity contribution is 7.90. The van der Waals surface area contributed by atoms with Crippen LogP contribution in [0.15, 0.2) is 23.1 Å². The molecule has 0 radical (unpaired) electrons. The van der Waals surface area contributed by atoms with Gasteiger partial charge in [-0.25, -0.2) is 12.7 Å². The number of carbonyl (C=O) groups is 2. The molecule has 0 saturated heterocycles. The number of rotatable bonds is 4. The van der Waals surface area contributed by atoms with E-state index in [1.54, 1.807) is 0 Å². The molecule has 0 spiro atoms. The van der Waals surface area contributed by atoms with Crippen LogP contribution in [0, 0.1) is 0 Å². The normalized spacial score (nSPS) is 16.1. The zero-order chi connectivity index (χ0) is 14.9. The van der Waals surface area contributed by atoms with Gasteiger partial charge in [-0.05, 0) is 24.6 Å². The van der Waals surface area contributed by atoms with Crippen LogP contribution in [0.4, 0.5) is 5.69 Å². The Labute approximate surface area is 116 Å². The third kappa shape index (κ3) is 2.34. The van der Waals surface area contributed by atoms with Crippen LogP contribution in [0.5, 0.6) is 0 Å². The number of nitrogen functional groups attached to an aromatic ring is 1. The quantitative estimate of drug-likeness (QED) is 0.635. The van der Waals surface area contributed by atoms with Crippen molar-refractivity contribution in [3.63, 3.8) is 0 Å². The van der Waals surface area contributed by atoms with Crippen molar-refractivity contribution in [2.75, 3.05) is 19.4 Å². The lowest BCUT2D eigenvalue weighted by molar-refractivity contribution is -0.140. The molecule has 7 nitrogen and oxygen atoms in total. The summed E-state index contributed by atoms with van der Waals surface area (Å²) in [6.45, 7) is -0.0646. The van der Waals surface area contributed by atoms with E-state index in [2.05, 4.69) is 4.74 Å². The standard InChI is InChI=1S/C12H14N2O5S/c1-19-11(15)3-2-6-14-12(16)9-5-4-8(13)7-10(9)20(14,17)18/h4-5,7H,2-3,6,13H2,1H3. The number of sulfonamides is 1. The number of fused-ring (bicyclic) bond motifs is 1. The molecule has 1 aromatic rings. The maximum absolute atomic E-state index is 12.2. The van der Waals surface area contributed by atoms with E-state index in [-0.39, 0.29) is 35.5 Å². The van der Waals surface area contributed by atoms with Crippen LogP contribution in [0.1, 0.15) is 23.2 Å². The van der Waals surface area contributed by atoms with Crippen LogP contribution in [0.2, 0.25) is 0 Å². The highest BCUT2D eigenvalue weighted by atomic mass is 32.2. The van der Waals surface area contributed by atoms with Crippen molar-refractivity contribution >= 4 is 27.6 Å². The fourth-order valence-corrected chi connectivity index (χ4v) is 3.62. The van der Waals surface area contributed by atoms with Crippen LogP contribution < -0.4 is 5.73 Å². The van der Waals surface area contributed by atoms with E-state index in [0.717, 1.165) is 4.31 Å². The van der Waals surface area contributed by atoms with E-state index in [0.29, 0.717) is 0 Å². The van der Waals surface area contributed by atoms with Gasteiger partial charge in [-0.2, -0.15) is 0 Å². The van der Waals surface area contributed by atoms with Gasteiger partial charge >= 0.3 is 5.97 Å². The SMILES string of the molecule is COC(=O)CCCN1C(=O)c2ccc(N)cc2S1(=O)=O. The van der Waals surface area contributed by atoms with Gasteiger partial charge in [0.15, 0.2) is 0 Å². The van der Waals surface area contributed by atoms with Crippen molar-refractivity contribution in [2.45, 2.75) is 17.7 Å². The zero-order valence-corrected chi connectivity index (χ0v) is 11.6. The van der Waals surface area contributed by atoms with Crippen molar-refractivity contribution in [1.82, 2.24) is 4.31 Å². The molecule has 108 valence electrons. The summed E-state index contributed by atoms with van der Waals surface area (Å²) in [6, 6.07) is 4.14. The summed E-state index contributed by atoms with van der Waals surface area (Å²) in [5.41, 5.74) is 5.93. The summed E-state index contributed by atoms with van der Waals surface area (Å²) in [4.78, 5) is 23.0. The fourth-order valence-electron chi connectivity index (χ4n) is 1.98. The van der Waals surface area contributed by atoms with Gasteiger partial charge in [-0.1, -0.05) is 0 Å². The molecule has 8 heteroatoms. The lowest BCUT2D eigenvalue weighted by atomic mass is 10.2. The summed E-state index contributed by atoms with van der Waals surface area (Å²) in [5, 5.41) is 0. The van der Waals surface area contributed by atoms with Crippen molar-refractivity contribution in [3.05, 3.63) is 23.8 Å². The van der Waals surface area contributed by atoms with Gasteiger partial charge in [-0.3, -0.25) is 9.59 Å². The molecule has 2 N–H and O–H groups in total. The molecule has 0 saturated carbocycles. The molecular formula is C12H14N2O5S. The Morgan fingerprint density at radius 3 is 2.75 bits per heavy atom. The fraction of sp³-hybridized carbons (Fsp3) is 0.333. The van der Waals surface area contributed by atoms with Crippen LogP contribution >= 0.6 is 0 Å². The molecule has 0 atom stereocenters. The molecule has 1 aromatic carbocycles. The predicted octanol–water partition coefficient (Wildman–Crippen LogP) is 0.366. The maximum atomic E-state index is 12.2. The molecule has 1 aliphatic rings. The number of amides is 1. The lowest BCUT2D eigenvalue weighted by Crippen LogP contribution is -2.31. The first-order chi connectivity index (χ1) is 9.37. The molecule has 0 aliphatic carbocycles. The Balaban J connectivity index is 2.22. The van der Waals surface area contributed by atoms with Crippen LogP contribution in [-0.4, -0.2) is 38.3 Å². The minimum absolute atomic E-state index is 0.0499. The van der Waals surface area contributed by atoms with Gasteiger partial charge in [0, 0.05) is 18.7 Å². The van der Waals surface area contributed by atoms with Crippen LogP contribution in [0.25, 0.3) is 0 Å². The smallest absolute Gasteiger partial charge is 0.305 e. The van der Waals surface area contributed by atoms with Gasteiger partial charge in [0.1, 0.15) is 4.90 Å². The number of esters is 1. The van der Waals surface area contributed by atoms with Gasteiger partial charge in [0.2, 0.25) is 0 Å². The lowest BCUT2D eigenvalue weighted by Gasteiger charge is -2.14. The van der Waals surface area contributed by atoms with Crippen LogP contribution in [-0.2, 0) is 19.6 Å². The highest BCUT2D eigenvalue weighted by Crippen LogP contribution is 2.31. The molecule has 0 unspecified atom stereocenters. The molecule has 1 aliphatic heterocycles. The average molecular weight is 298 g/mol. The Hall–Kier alpha value is -2.09. The number of methoxy groups -OCH3 is 1. The number of benzene rings is 1. The molecule has 1 heterocycles. The Bertz CT molecular complexity index is 668. The number of anilines is 1. The Kier molecular flexibility index (Phi) is 3.67. The average Bonchev–Trinajstić information content (AvgIpc) is 2.59. The molecule has 0 fully saturated rings. The minimum Gasteiger partial charge on any atom is -0.469 e. The first kappa shape index (κ1) is 14.3. The highest BCUT2D eigenvalue weighted by Gasteiger charge is 2.40. The van der Waals surface area contributed by atoms with Gasteiger partial charge in [0.05, 0.1) is 12.7 Å². The van der Waals surface area contributed by atoms with Crippen molar-refractivity contribution in [2.24, 2.45) is 0 Å². The summed E-state index contributed by atoms with van der Waals surface area (Å²) in [5.74, 6) is -1.04. The number of hydrogen-bond donors (Lipinski definition) is 1. The second-order valence-electron chi connectivity index (χ2n) is 4.32. The number of nitrogens with two attached hydrogens (primary N) is 1. The summed E-state index contributed by atoms with van der Waals surface area (Å²) in [6.07, 6.45) is 0.259. The minimum atomic E-state index is -3.87. The molecule has 2 rings (SSSR count). The number of carbonyl (C=O) groups excluding carboxylic acids is 2. The van der Waals surface area contributed by atoms with Gasteiger partial charge in [0.25, 0.3) is 15.9 Å². The summed E-state index contributed by atoms with van der Waals surface area (Å²) >= 11 is 0. The van der Waals surface area contributed by atoms with Crippen LogP contribution in [0.3, 0.4) is 0 Å². The predicted molar refractivity (Wildman–Crippen MR) is 70.3 cm³/mol. The van der Waals surface area contributed by atoms with E-state index in [9.17, 15) is 18.0 Å². The second-order valence-corrected chi connectivity index (χ2v) is 6.15. The largest absolute Gasteiger partial charge is 0.469 e. The first-order valence-electron chi connectivity index (χ1n) is 5.91. The molecule has 20 heavy (non-hydrogen) atoms. The Morgan fingerprint density at radius 1 is 1.40 bits per heavy atom. The second kappa shape index (κ2) is 5.12. The summed E-state index contributed by atoms with van der Waals surface area (Å²) < 4.78 is 29.7. The van der Waals surface area contributed by atoms with E-state index in [1.165, 1.54) is 25.3 Å². The third-order valence-electron chi connectivity index (χ3n) is 3.00.